The Bertz CT molecular complexity index is 1230. The lowest BCUT2D eigenvalue weighted by molar-refractivity contribution is 0.0698. The molecular formula is C24H28N4O4S. The van der Waals surface area contributed by atoms with E-state index in [1.165, 1.54) is 4.31 Å². The van der Waals surface area contributed by atoms with Gasteiger partial charge < -0.3 is 9.64 Å². The largest absolute Gasteiger partial charge is 0.497 e. The van der Waals surface area contributed by atoms with E-state index in [1.54, 1.807) is 54.8 Å². The third kappa shape index (κ3) is 4.65. The molecule has 0 bridgehead atoms. The molecular weight excluding hydrogens is 440 g/mol. The predicted molar refractivity (Wildman–Crippen MR) is 125 cm³/mol. The first kappa shape index (κ1) is 23.0. The van der Waals surface area contributed by atoms with Crippen LogP contribution < -0.4 is 4.74 Å². The highest BCUT2D eigenvalue weighted by atomic mass is 32.2. The summed E-state index contributed by atoms with van der Waals surface area (Å²) in [5.74, 6) is 0.568. The van der Waals surface area contributed by atoms with Gasteiger partial charge in [0, 0.05) is 31.7 Å². The van der Waals surface area contributed by atoms with Gasteiger partial charge in [0.25, 0.3) is 5.91 Å². The van der Waals surface area contributed by atoms with Crippen LogP contribution in [0.15, 0.2) is 59.5 Å². The van der Waals surface area contributed by atoms with Gasteiger partial charge in [0.05, 0.1) is 25.0 Å². The van der Waals surface area contributed by atoms with E-state index in [0.717, 1.165) is 5.56 Å². The van der Waals surface area contributed by atoms with Gasteiger partial charge in [-0.05, 0) is 43.7 Å². The average Bonchev–Trinajstić information content (AvgIpc) is 3.12. The van der Waals surface area contributed by atoms with E-state index in [2.05, 4.69) is 5.10 Å². The fraction of sp³-hybridized carbons (Fsp3) is 0.333. The molecule has 174 valence electrons. The topological polar surface area (TPSA) is 84.7 Å². The molecule has 3 aromatic rings. The highest BCUT2D eigenvalue weighted by Gasteiger charge is 2.34. The number of rotatable bonds is 6. The maximum absolute atomic E-state index is 13.5. The number of nitrogens with zero attached hydrogens (tertiary/aromatic N) is 4. The summed E-state index contributed by atoms with van der Waals surface area (Å²) in [4.78, 5) is 14.8. The van der Waals surface area contributed by atoms with E-state index in [1.807, 2.05) is 30.3 Å². The van der Waals surface area contributed by atoms with E-state index in [9.17, 15) is 13.2 Å². The molecule has 9 heteroatoms. The van der Waals surface area contributed by atoms with Crippen molar-refractivity contribution in [2.24, 2.45) is 0 Å². The summed E-state index contributed by atoms with van der Waals surface area (Å²) in [6.07, 6.45) is 0. The average molecular weight is 469 g/mol. The highest BCUT2D eigenvalue weighted by Crippen LogP contribution is 2.25. The van der Waals surface area contributed by atoms with E-state index in [-0.39, 0.29) is 23.9 Å². The van der Waals surface area contributed by atoms with Crippen LogP contribution in [0.5, 0.6) is 5.75 Å². The van der Waals surface area contributed by atoms with Crippen LogP contribution in [-0.2, 0) is 16.6 Å². The monoisotopic (exact) mass is 468 g/mol. The van der Waals surface area contributed by atoms with Gasteiger partial charge in [-0.25, -0.2) is 8.42 Å². The van der Waals surface area contributed by atoms with Crippen LogP contribution in [0.2, 0.25) is 0 Å². The second kappa shape index (κ2) is 9.36. The molecule has 8 nitrogen and oxygen atoms in total. The Hall–Kier alpha value is -3.17. The van der Waals surface area contributed by atoms with Crippen molar-refractivity contribution in [1.29, 1.82) is 0 Å². The third-order valence-electron chi connectivity index (χ3n) is 5.95. The number of amides is 1. The Kier molecular flexibility index (Phi) is 6.53. The Morgan fingerprint density at radius 1 is 0.970 bits per heavy atom. The molecule has 1 aliphatic heterocycles. The lowest BCUT2D eigenvalue weighted by Crippen LogP contribution is -2.50. The standard InChI is InChI=1S/C24H28N4O4S/c1-18-23(19(2)28(25-18)17-20-7-5-4-6-8-20)33(30,31)27-15-13-26(14-16-27)24(29)21-9-11-22(32-3)12-10-21/h4-12H,13-17H2,1-3H3. The van der Waals surface area contributed by atoms with Gasteiger partial charge in [0.1, 0.15) is 10.6 Å². The Balaban J connectivity index is 1.47. The molecule has 2 aromatic carbocycles. The zero-order chi connectivity index (χ0) is 23.6. The molecule has 0 radical (unpaired) electrons. The van der Waals surface area contributed by atoms with Gasteiger partial charge in [0.15, 0.2) is 0 Å². The van der Waals surface area contributed by atoms with Gasteiger partial charge in [-0.3, -0.25) is 9.48 Å². The molecule has 33 heavy (non-hydrogen) atoms. The fourth-order valence-corrected chi connectivity index (χ4v) is 5.94. The molecule has 4 rings (SSSR count). The van der Waals surface area contributed by atoms with Crippen molar-refractivity contribution in [2.45, 2.75) is 25.3 Å². The summed E-state index contributed by atoms with van der Waals surface area (Å²) >= 11 is 0. The number of ether oxygens (including phenoxy) is 1. The third-order valence-corrected chi connectivity index (χ3v) is 8.10. The summed E-state index contributed by atoms with van der Waals surface area (Å²) in [5.41, 5.74) is 2.71. The van der Waals surface area contributed by atoms with E-state index in [0.29, 0.717) is 42.3 Å². The number of hydrogen-bond acceptors (Lipinski definition) is 5. The Labute approximate surface area is 194 Å². The molecule has 0 spiro atoms. The molecule has 0 N–H and O–H groups in total. The number of methoxy groups -OCH3 is 1. The predicted octanol–water partition coefficient (Wildman–Crippen LogP) is 2.70. The number of piperazine rings is 1. The Morgan fingerprint density at radius 2 is 1.61 bits per heavy atom. The summed E-state index contributed by atoms with van der Waals surface area (Å²) < 4.78 is 35.3. The number of hydrogen-bond donors (Lipinski definition) is 0. The first-order chi connectivity index (χ1) is 15.8. The van der Waals surface area contributed by atoms with Crippen molar-refractivity contribution in [2.75, 3.05) is 33.3 Å². The smallest absolute Gasteiger partial charge is 0.253 e. The zero-order valence-corrected chi connectivity index (χ0v) is 19.9. The summed E-state index contributed by atoms with van der Waals surface area (Å²) in [7, 11) is -2.15. The van der Waals surface area contributed by atoms with E-state index >= 15 is 0 Å². The van der Waals surface area contributed by atoms with Crippen LogP contribution in [0.4, 0.5) is 0 Å². The van der Waals surface area contributed by atoms with Gasteiger partial charge in [-0.1, -0.05) is 30.3 Å². The van der Waals surface area contributed by atoms with Gasteiger partial charge in [0.2, 0.25) is 10.0 Å². The summed E-state index contributed by atoms with van der Waals surface area (Å²) in [6, 6.07) is 16.7. The number of aryl methyl sites for hydroxylation is 1. The molecule has 0 aliphatic carbocycles. The van der Waals surface area contributed by atoms with Crippen molar-refractivity contribution in [1.82, 2.24) is 19.0 Å². The van der Waals surface area contributed by atoms with Crippen molar-refractivity contribution in [3.63, 3.8) is 0 Å². The summed E-state index contributed by atoms with van der Waals surface area (Å²) in [5, 5.41) is 4.50. The number of aromatic nitrogens is 2. The molecule has 1 saturated heterocycles. The second-order valence-electron chi connectivity index (χ2n) is 8.07. The van der Waals surface area contributed by atoms with Crippen molar-refractivity contribution in [3.8, 4) is 5.75 Å². The van der Waals surface area contributed by atoms with Crippen molar-refractivity contribution < 1.29 is 17.9 Å². The SMILES string of the molecule is COc1ccc(C(=O)N2CCN(S(=O)(=O)c3c(C)nn(Cc4ccccc4)c3C)CC2)cc1. The number of carbonyl (C=O) groups excluding carboxylic acids is 1. The molecule has 1 amide bonds. The first-order valence-corrected chi connectivity index (χ1v) is 12.3. The molecule has 0 saturated carbocycles. The summed E-state index contributed by atoms with van der Waals surface area (Å²) in [6.45, 7) is 5.18. The lowest BCUT2D eigenvalue weighted by Gasteiger charge is -2.34. The van der Waals surface area contributed by atoms with E-state index < -0.39 is 10.0 Å². The van der Waals surface area contributed by atoms with E-state index in [4.69, 9.17) is 4.74 Å². The molecule has 1 fully saturated rings. The number of carbonyl (C=O) groups is 1. The van der Waals surface area contributed by atoms with Crippen LogP contribution in [0, 0.1) is 13.8 Å². The van der Waals surface area contributed by atoms with Gasteiger partial charge in [-0.2, -0.15) is 9.40 Å². The highest BCUT2D eigenvalue weighted by molar-refractivity contribution is 7.89. The minimum absolute atomic E-state index is 0.113. The normalized spacial score (nSPS) is 14.9. The molecule has 1 aliphatic rings. The molecule has 1 aromatic heterocycles. The van der Waals surface area contributed by atoms with Crippen LogP contribution in [0.1, 0.15) is 27.3 Å². The maximum Gasteiger partial charge on any atom is 0.253 e. The van der Waals surface area contributed by atoms with Crippen molar-refractivity contribution >= 4 is 15.9 Å². The number of sulfonamides is 1. The zero-order valence-electron chi connectivity index (χ0n) is 19.1. The lowest BCUT2D eigenvalue weighted by atomic mass is 10.2. The molecule has 2 heterocycles. The van der Waals surface area contributed by atoms with Crippen LogP contribution >= 0.6 is 0 Å². The Morgan fingerprint density at radius 3 is 2.21 bits per heavy atom. The van der Waals surface area contributed by atoms with Gasteiger partial charge in [-0.15, -0.1) is 0 Å². The van der Waals surface area contributed by atoms with Crippen LogP contribution in [0.3, 0.4) is 0 Å². The van der Waals surface area contributed by atoms with Gasteiger partial charge >= 0.3 is 0 Å². The molecule has 0 atom stereocenters. The number of benzene rings is 2. The minimum atomic E-state index is -3.72. The van der Waals surface area contributed by atoms with Crippen LogP contribution in [0.25, 0.3) is 0 Å². The van der Waals surface area contributed by atoms with Crippen molar-refractivity contribution in [3.05, 3.63) is 77.1 Å². The quantitative estimate of drug-likeness (QED) is 0.555. The maximum atomic E-state index is 13.5. The molecule has 0 unspecified atom stereocenters. The minimum Gasteiger partial charge on any atom is -0.497 e. The first-order valence-electron chi connectivity index (χ1n) is 10.8. The van der Waals surface area contributed by atoms with Crippen LogP contribution in [-0.4, -0.2) is 66.6 Å². The second-order valence-corrected chi connectivity index (χ2v) is 9.94. The fourth-order valence-electron chi connectivity index (χ4n) is 4.14.